The largest absolute Gasteiger partial charge is 0.503 e. The lowest BCUT2D eigenvalue weighted by molar-refractivity contribution is -0.133. The molecule has 0 atom stereocenters. The summed E-state index contributed by atoms with van der Waals surface area (Å²) in [6.07, 6.45) is 3.11. The van der Waals surface area contributed by atoms with Gasteiger partial charge in [-0.2, -0.15) is 0 Å². The fraction of sp³-hybridized carbons (Fsp3) is 0.0909. The van der Waals surface area contributed by atoms with Gasteiger partial charge in [0.25, 0.3) is 0 Å². The number of benzene rings is 2. The lowest BCUT2D eigenvalue weighted by atomic mass is 10.1. The molecule has 0 aliphatic rings. The molecule has 0 saturated heterocycles. The molecule has 1 N–H and O–H groups in total. The Hall–Kier alpha value is -4.40. The average molecular weight is 421 g/mol. The average Bonchev–Trinajstić information content (AvgIpc) is 2.79. The highest BCUT2D eigenvalue weighted by atomic mass is 16.5. The summed E-state index contributed by atoms with van der Waals surface area (Å²) in [6.45, 7) is 0. The molecule has 9 heteroatoms. The van der Waals surface area contributed by atoms with E-state index in [1.807, 2.05) is 0 Å². The van der Waals surface area contributed by atoms with E-state index in [4.69, 9.17) is 18.9 Å². The third kappa shape index (κ3) is 5.36. The van der Waals surface area contributed by atoms with Crippen LogP contribution in [0.5, 0.6) is 23.3 Å². The Labute approximate surface area is 178 Å². The highest BCUT2D eigenvalue weighted by Crippen LogP contribution is 2.32. The molecule has 9 nitrogen and oxygen atoms in total. The van der Waals surface area contributed by atoms with Crippen molar-refractivity contribution in [3.8, 4) is 23.3 Å². The molecule has 0 bridgehead atoms. The summed E-state index contributed by atoms with van der Waals surface area (Å²) in [5.74, 6) is 0.548. The van der Waals surface area contributed by atoms with Crippen molar-refractivity contribution in [2.45, 2.75) is 0 Å². The quantitative estimate of drug-likeness (QED) is 0.241. The molecule has 0 saturated carbocycles. The van der Waals surface area contributed by atoms with Crippen LogP contribution in [0, 0.1) is 0 Å². The third-order valence-corrected chi connectivity index (χ3v) is 3.97. The number of para-hydroxylation sites is 3. The van der Waals surface area contributed by atoms with Crippen LogP contribution in [0.25, 0.3) is 5.57 Å². The standard InChI is InChI=1S/C22H19N3O6/c1-28-12-16(22(27)29-2)15-7-3-5-9-18(15)30-20-11-21(24-13-23-20)31-19-10-6-4-8-17(19)25-14-26/h3-14H,1-2H3,(H,25,26)/b16-12+. The van der Waals surface area contributed by atoms with Gasteiger partial charge in [0.2, 0.25) is 18.2 Å². The smallest absolute Gasteiger partial charge is 0.341 e. The normalized spacial score (nSPS) is 10.7. The molecule has 1 aromatic heterocycles. The zero-order chi connectivity index (χ0) is 22.1. The fourth-order valence-electron chi connectivity index (χ4n) is 2.63. The number of carbonyl (C=O) groups excluding carboxylic acids is 2. The maximum Gasteiger partial charge on any atom is 0.341 e. The second kappa shape index (κ2) is 10.4. The van der Waals surface area contributed by atoms with Crippen molar-refractivity contribution >= 4 is 23.6 Å². The maximum atomic E-state index is 12.1. The van der Waals surface area contributed by atoms with Gasteiger partial charge in [0, 0.05) is 5.56 Å². The molecule has 1 amide bonds. The molecule has 31 heavy (non-hydrogen) atoms. The van der Waals surface area contributed by atoms with Crippen LogP contribution in [-0.2, 0) is 19.1 Å². The Morgan fingerprint density at radius 1 is 0.935 bits per heavy atom. The van der Waals surface area contributed by atoms with Gasteiger partial charge >= 0.3 is 5.97 Å². The molecule has 1 heterocycles. The Kier molecular flexibility index (Phi) is 7.15. The molecule has 0 spiro atoms. The number of amides is 1. The molecule has 0 radical (unpaired) electrons. The Balaban J connectivity index is 1.88. The Morgan fingerprint density at radius 2 is 1.58 bits per heavy atom. The monoisotopic (exact) mass is 421 g/mol. The van der Waals surface area contributed by atoms with Gasteiger partial charge in [-0.15, -0.1) is 0 Å². The molecule has 0 fully saturated rings. The minimum Gasteiger partial charge on any atom is -0.503 e. The second-order valence-corrected chi connectivity index (χ2v) is 5.91. The van der Waals surface area contributed by atoms with E-state index in [1.165, 1.54) is 32.9 Å². The summed E-state index contributed by atoms with van der Waals surface area (Å²) in [6, 6.07) is 15.2. The summed E-state index contributed by atoms with van der Waals surface area (Å²) >= 11 is 0. The van der Waals surface area contributed by atoms with Crippen molar-refractivity contribution in [1.29, 1.82) is 0 Å². The first-order valence-electron chi connectivity index (χ1n) is 9.04. The van der Waals surface area contributed by atoms with Crippen molar-refractivity contribution in [3.63, 3.8) is 0 Å². The van der Waals surface area contributed by atoms with Crippen LogP contribution in [0.1, 0.15) is 5.56 Å². The lowest BCUT2D eigenvalue weighted by Crippen LogP contribution is -2.06. The van der Waals surface area contributed by atoms with Crippen molar-refractivity contribution < 1.29 is 28.5 Å². The van der Waals surface area contributed by atoms with Gasteiger partial charge in [-0.05, 0) is 18.2 Å². The molecule has 2 aromatic carbocycles. The zero-order valence-electron chi connectivity index (χ0n) is 16.8. The van der Waals surface area contributed by atoms with Gasteiger partial charge < -0.3 is 24.3 Å². The van der Waals surface area contributed by atoms with Crippen LogP contribution in [-0.4, -0.2) is 36.6 Å². The molecular weight excluding hydrogens is 402 g/mol. The molecular formula is C22H19N3O6. The number of hydrogen-bond acceptors (Lipinski definition) is 8. The third-order valence-electron chi connectivity index (χ3n) is 3.97. The van der Waals surface area contributed by atoms with E-state index in [-0.39, 0.29) is 17.3 Å². The van der Waals surface area contributed by atoms with Gasteiger partial charge in [-0.25, -0.2) is 14.8 Å². The van der Waals surface area contributed by atoms with E-state index in [0.29, 0.717) is 29.2 Å². The number of aromatic nitrogens is 2. The predicted octanol–water partition coefficient (Wildman–Crippen LogP) is 3.79. The number of anilines is 1. The van der Waals surface area contributed by atoms with Crippen LogP contribution in [0.3, 0.4) is 0 Å². The minimum atomic E-state index is -0.580. The van der Waals surface area contributed by atoms with Crippen molar-refractivity contribution in [1.82, 2.24) is 9.97 Å². The summed E-state index contributed by atoms with van der Waals surface area (Å²) in [5, 5.41) is 2.56. The number of methoxy groups -OCH3 is 2. The highest BCUT2D eigenvalue weighted by Gasteiger charge is 2.18. The van der Waals surface area contributed by atoms with Crippen molar-refractivity contribution in [2.24, 2.45) is 0 Å². The first kappa shape index (κ1) is 21.3. The van der Waals surface area contributed by atoms with Crippen molar-refractivity contribution in [3.05, 3.63) is 72.8 Å². The van der Waals surface area contributed by atoms with E-state index in [0.717, 1.165) is 0 Å². The van der Waals surface area contributed by atoms with Crippen LogP contribution < -0.4 is 14.8 Å². The van der Waals surface area contributed by atoms with Crippen LogP contribution in [0.2, 0.25) is 0 Å². The number of nitrogens with one attached hydrogen (secondary N) is 1. The molecule has 158 valence electrons. The molecule has 0 unspecified atom stereocenters. The van der Waals surface area contributed by atoms with E-state index in [9.17, 15) is 9.59 Å². The van der Waals surface area contributed by atoms with Crippen LogP contribution >= 0.6 is 0 Å². The SMILES string of the molecule is CO/C=C(/C(=O)OC)c1ccccc1Oc1cc(Oc2ccccc2NC=O)ncn1. The molecule has 0 aliphatic carbocycles. The summed E-state index contributed by atoms with van der Waals surface area (Å²) in [7, 11) is 2.71. The Bertz CT molecular complexity index is 1100. The number of carbonyl (C=O) groups is 2. The van der Waals surface area contributed by atoms with Gasteiger partial charge in [-0.3, -0.25) is 4.79 Å². The van der Waals surface area contributed by atoms with Gasteiger partial charge in [-0.1, -0.05) is 30.3 Å². The first-order valence-corrected chi connectivity index (χ1v) is 9.04. The first-order chi connectivity index (χ1) is 15.2. The fourth-order valence-corrected chi connectivity index (χ4v) is 2.63. The lowest BCUT2D eigenvalue weighted by Gasteiger charge is -2.13. The van der Waals surface area contributed by atoms with Crippen LogP contribution in [0.15, 0.2) is 67.2 Å². The summed E-state index contributed by atoms with van der Waals surface area (Å²) in [4.78, 5) is 31.1. The number of hydrogen-bond donors (Lipinski definition) is 1. The van der Waals surface area contributed by atoms with Gasteiger partial charge in [0.1, 0.15) is 17.6 Å². The Morgan fingerprint density at radius 3 is 2.26 bits per heavy atom. The number of esters is 1. The van der Waals surface area contributed by atoms with Crippen LogP contribution in [0.4, 0.5) is 5.69 Å². The minimum absolute atomic E-state index is 0.180. The van der Waals surface area contributed by atoms with E-state index < -0.39 is 5.97 Å². The van der Waals surface area contributed by atoms with Gasteiger partial charge in [0.15, 0.2) is 5.75 Å². The summed E-state index contributed by atoms with van der Waals surface area (Å²) in [5.41, 5.74) is 1.12. The second-order valence-electron chi connectivity index (χ2n) is 5.91. The van der Waals surface area contributed by atoms with E-state index >= 15 is 0 Å². The van der Waals surface area contributed by atoms with E-state index in [1.54, 1.807) is 48.5 Å². The number of rotatable bonds is 9. The van der Waals surface area contributed by atoms with Crippen molar-refractivity contribution in [2.75, 3.05) is 19.5 Å². The van der Waals surface area contributed by atoms with E-state index in [2.05, 4.69) is 15.3 Å². The maximum absolute atomic E-state index is 12.1. The summed E-state index contributed by atoms with van der Waals surface area (Å²) < 4.78 is 21.5. The topological polar surface area (TPSA) is 109 Å². The van der Waals surface area contributed by atoms with Gasteiger partial charge in [0.05, 0.1) is 32.2 Å². The molecule has 3 rings (SSSR count). The number of nitrogens with zero attached hydrogens (tertiary/aromatic N) is 2. The number of ether oxygens (including phenoxy) is 4. The zero-order valence-corrected chi connectivity index (χ0v) is 16.8. The molecule has 3 aromatic rings. The molecule has 0 aliphatic heterocycles. The predicted molar refractivity (Wildman–Crippen MR) is 112 cm³/mol. The highest BCUT2D eigenvalue weighted by molar-refractivity contribution is 6.17.